The van der Waals surface area contributed by atoms with Crippen LogP contribution in [-0.2, 0) is 6.54 Å². The minimum Gasteiger partial charge on any atom is -0.497 e. The van der Waals surface area contributed by atoms with E-state index < -0.39 is 0 Å². The number of piperazine rings is 1. The van der Waals surface area contributed by atoms with Crippen LogP contribution in [-0.4, -0.2) is 44.1 Å². The van der Waals surface area contributed by atoms with E-state index in [2.05, 4.69) is 14.8 Å². The van der Waals surface area contributed by atoms with Gasteiger partial charge in [-0.05, 0) is 42.0 Å². The number of benzene rings is 2. The number of methoxy groups -OCH3 is 1. The number of nitrogens with zero attached hydrogens (tertiary/aromatic N) is 3. The molecule has 1 heterocycles. The van der Waals surface area contributed by atoms with Gasteiger partial charge in [-0.1, -0.05) is 12.1 Å². The van der Waals surface area contributed by atoms with Gasteiger partial charge in [0.05, 0.1) is 13.7 Å². The molecule has 0 spiro atoms. The molecule has 132 valence electrons. The molecule has 2 N–H and O–H groups in total. The SMILES string of the molecule is COc1cccc(CN=C(N)N2CCN(c3ccc(F)cc3)CC2)c1. The van der Waals surface area contributed by atoms with Crippen molar-refractivity contribution in [2.45, 2.75) is 6.54 Å². The molecule has 2 aromatic carbocycles. The molecule has 0 radical (unpaired) electrons. The highest BCUT2D eigenvalue weighted by molar-refractivity contribution is 5.78. The molecule has 0 saturated carbocycles. The van der Waals surface area contributed by atoms with E-state index in [0.717, 1.165) is 43.2 Å². The summed E-state index contributed by atoms with van der Waals surface area (Å²) in [5.41, 5.74) is 8.24. The summed E-state index contributed by atoms with van der Waals surface area (Å²) in [6, 6.07) is 14.4. The number of halogens is 1. The van der Waals surface area contributed by atoms with Crippen LogP contribution in [0.3, 0.4) is 0 Å². The van der Waals surface area contributed by atoms with Gasteiger partial charge in [0.1, 0.15) is 11.6 Å². The lowest BCUT2D eigenvalue weighted by Crippen LogP contribution is -2.51. The van der Waals surface area contributed by atoms with E-state index in [4.69, 9.17) is 10.5 Å². The van der Waals surface area contributed by atoms with Crippen LogP contribution < -0.4 is 15.4 Å². The second-order valence-corrected chi connectivity index (χ2v) is 5.98. The van der Waals surface area contributed by atoms with Crippen molar-refractivity contribution in [1.82, 2.24) is 4.90 Å². The van der Waals surface area contributed by atoms with Crippen molar-refractivity contribution < 1.29 is 9.13 Å². The number of aliphatic imine (C=N–C) groups is 1. The fraction of sp³-hybridized carbons (Fsp3) is 0.316. The summed E-state index contributed by atoms with van der Waals surface area (Å²) in [6.45, 7) is 3.79. The van der Waals surface area contributed by atoms with Crippen molar-refractivity contribution in [2.75, 3.05) is 38.2 Å². The van der Waals surface area contributed by atoms with E-state index in [-0.39, 0.29) is 5.82 Å². The zero-order chi connectivity index (χ0) is 17.6. The Bertz CT molecular complexity index is 724. The molecule has 2 aromatic rings. The second-order valence-electron chi connectivity index (χ2n) is 5.98. The van der Waals surface area contributed by atoms with Crippen molar-refractivity contribution in [3.8, 4) is 5.75 Å². The van der Waals surface area contributed by atoms with Gasteiger partial charge in [-0.2, -0.15) is 0 Å². The first-order chi connectivity index (χ1) is 12.2. The first-order valence-corrected chi connectivity index (χ1v) is 8.34. The Kier molecular flexibility index (Phi) is 5.38. The van der Waals surface area contributed by atoms with Crippen LogP contribution in [0.25, 0.3) is 0 Å². The first kappa shape index (κ1) is 17.1. The van der Waals surface area contributed by atoms with E-state index in [9.17, 15) is 4.39 Å². The zero-order valence-electron chi connectivity index (χ0n) is 14.4. The van der Waals surface area contributed by atoms with Crippen LogP contribution in [0.1, 0.15) is 5.56 Å². The fourth-order valence-corrected chi connectivity index (χ4v) is 2.89. The highest BCUT2D eigenvalue weighted by Crippen LogP contribution is 2.17. The molecule has 3 rings (SSSR count). The maximum absolute atomic E-state index is 13.0. The van der Waals surface area contributed by atoms with Crippen LogP contribution in [0, 0.1) is 5.82 Å². The van der Waals surface area contributed by atoms with Gasteiger partial charge in [0.15, 0.2) is 5.96 Å². The lowest BCUT2D eigenvalue weighted by molar-refractivity contribution is 0.380. The van der Waals surface area contributed by atoms with Gasteiger partial charge in [-0.25, -0.2) is 9.38 Å². The third kappa shape index (κ3) is 4.41. The Morgan fingerprint density at radius 1 is 1.12 bits per heavy atom. The van der Waals surface area contributed by atoms with Gasteiger partial charge in [-0.15, -0.1) is 0 Å². The summed E-state index contributed by atoms with van der Waals surface area (Å²) in [7, 11) is 1.65. The molecular weight excluding hydrogens is 319 g/mol. The lowest BCUT2D eigenvalue weighted by Gasteiger charge is -2.36. The number of hydrogen-bond donors (Lipinski definition) is 1. The Labute approximate surface area is 147 Å². The summed E-state index contributed by atoms with van der Waals surface area (Å²) in [5, 5.41) is 0. The average molecular weight is 342 g/mol. The third-order valence-electron chi connectivity index (χ3n) is 4.35. The maximum Gasteiger partial charge on any atom is 0.191 e. The Morgan fingerprint density at radius 3 is 2.52 bits per heavy atom. The molecular formula is C19H23FN4O. The lowest BCUT2D eigenvalue weighted by atomic mass is 10.2. The molecule has 0 aromatic heterocycles. The predicted octanol–water partition coefficient (Wildman–Crippen LogP) is 2.47. The molecule has 6 heteroatoms. The highest BCUT2D eigenvalue weighted by Gasteiger charge is 2.18. The van der Waals surface area contributed by atoms with E-state index in [1.165, 1.54) is 12.1 Å². The Morgan fingerprint density at radius 2 is 1.84 bits per heavy atom. The van der Waals surface area contributed by atoms with E-state index >= 15 is 0 Å². The number of guanidine groups is 1. The maximum atomic E-state index is 13.0. The van der Waals surface area contributed by atoms with Crippen LogP contribution >= 0.6 is 0 Å². The average Bonchev–Trinajstić information content (AvgIpc) is 2.67. The van der Waals surface area contributed by atoms with Crippen molar-refractivity contribution in [3.05, 3.63) is 59.9 Å². The molecule has 1 aliphatic heterocycles. The number of anilines is 1. The molecule has 1 saturated heterocycles. The van der Waals surface area contributed by atoms with Gasteiger partial charge in [0.25, 0.3) is 0 Å². The molecule has 0 atom stereocenters. The van der Waals surface area contributed by atoms with Gasteiger partial charge >= 0.3 is 0 Å². The van der Waals surface area contributed by atoms with E-state index in [1.807, 2.05) is 36.4 Å². The highest BCUT2D eigenvalue weighted by atomic mass is 19.1. The molecule has 0 bridgehead atoms. The third-order valence-corrected chi connectivity index (χ3v) is 4.35. The minimum atomic E-state index is -0.212. The summed E-state index contributed by atoms with van der Waals surface area (Å²) in [6.07, 6.45) is 0. The van der Waals surface area contributed by atoms with Crippen LogP contribution in [0.5, 0.6) is 5.75 Å². The smallest absolute Gasteiger partial charge is 0.191 e. The topological polar surface area (TPSA) is 54.1 Å². The molecule has 1 aliphatic rings. The van der Waals surface area contributed by atoms with E-state index in [0.29, 0.717) is 12.5 Å². The molecule has 5 nitrogen and oxygen atoms in total. The number of ether oxygens (including phenoxy) is 1. The van der Waals surface area contributed by atoms with Gasteiger partial charge in [0, 0.05) is 31.9 Å². The second kappa shape index (κ2) is 7.88. The van der Waals surface area contributed by atoms with Crippen LogP contribution in [0.15, 0.2) is 53.5 Å². The van der Waals surface area contributed by atoms with Gasteiger partial charge < -0.3 is 20.3 Å². The number of hydrogen-bond acceptors (Lipinski definition) is 3. The van der Waals surface area contributed by atoms with Crippen LogP contribution in [0.4, 0.5) is 10.1 Å². The summed E-state index contributed by atoms with van der Waals surface area (Å²) in [4.78, 5) is 8.81. The standard InChI is InChI=1S/C19H23FN4O/c1-25-18-4-2-3-15(13-18)14-22-19(21)24-11-9-23(10-12-24)17-7-5-16(20)6-8-17/h2-8,13H,9-12,14H2,1H3,(H2,21,22). The Balaban J connectivity index is 1.55. The predicted molar refractivity (Wildman–Crippen MR) is 98.5 cm³/mol. The van der Waals surface area contributed by atoms with Gasteiger partial charge in [0.2, 0.25) is 0 Å². The molecule has 1 fully saturated rings. The summed E-state index contributed by atoms with van der Waals surface area (Å²) < 4.78 is 18.2. The van der Waals surface area contributed by atoms with Crippen molar-refractivity contribution in [3.63, 3.8) is 0 Å². The van der Waals surface area contributed by atoms with Gasteiger partial charge in [-0.3, -0.25) is 0 Å². The largest absolute Gasteiger partial charge is 0.497 e. The Hall–Kier alpha value is -2.76. The molecule has 0 unspecified atom stereocenters. The van der Waals surface area contributed by atoms with E-state index in [1.54, 1.807) is 7.11 Å². The molecule has 25 heavy (non-hydrogen) atoms. The minimum absolute atomic E-state index is 0.212. The van der Waals surface area contributed by atoms with Crippen LogP contribution in [0.2, 0.25) is 0 Å². The fourth-order valence-electron chi connectivity index (χ4n) is 2.89. The summed E-state index contributed by atoms with van der Waals surface area (Å²) in [5.74, 6) is 1.16. The quantitative estimate of drug-likeness (QED) is 0.685. The molecule has 0 amide bonds. The van der Waals surface area contributed by atoms with Crippen molar-refractivity contribution >= 4 is 11.6 Å². The van der Waals surface area contributed by atoms with Crippen molar-refractivity contribution in [1.29, 1.82) is 0 Å². The monoisotopic (exact) mass is 342 g/mol. The number of nitrogens with two attached hydrogens (primary N) is 1. The number of rotatable bonds is 4. The molecule has 0 aliphatic carbocycles. The normalized spacial score (nSPS) is 15.4. The summed E-state index contributed by atoms with van der Waals surface area (Å²) >= 11 is 0. The van der Waals surface area contributed by atoms with Crippen molar-refractivity contribution in [2.24, 2.45) is 10.7 Å². The first-order valence-electron chi connectivity index (χ1n) is 8.34. The zero-order valence-corrected chi connectivity index (χ0v) is 14.4.